The van der Waals surface area contributed by atoms with Crippen molar-refractivity contribution in [1.82, 2.24) is 0 Å². The van der Waals surface area contributed by atoms with Crippen LogP contribution < -0.4 is 0 Å². The van der Waals surface area contributed by atoms with Crippen LogP contribution >= 0.6 is 8.58 Å². The smallest absolute Gasteiger partial charge is 0.138 e. The molecule has 0 aliphatic carbocycles. The van der Waals surface area contributed by atoms with Crippen LogP contribution in [0.2, 0.25) is 0 Å². The predicted octanol–water partition coefficient (Wildman–Crippen LogP) is 2.04. The summed E-state index contributed by atoms with van der Waals surface area (Å²) in [5, 5.41) is 0. The normalized spacial score (nSPS) is 9.44. The maximum Gasteiger partial charge on any atom is 0.138 e. The van der Waals surface area contributed by atoms with Crippen molar-refractivity contribution in [2.24, 2.45) is 0 Å². The first-order chi connectivity index (χ1) is 3.91. The van der Waals surface area contributed by atoms with Crippen molar-refractivity contribution in [3.8, 4) is 0 Å². The van der Waals surface area contributed by atoms with Gasteiger partial charge in [0.1, 0.15) is 6.03 Å². The van der Waals surface area contributed by atoms with E-state index in [0.717, 1.165) is 12.2 Å². The molecule has 0 N–H and O–H groups in total. The Hall–Kier alpha value is 0.723. The Morgan fingerprint density at radius 2 is 2.11 bits per heavy atom. The van der Waals surface area contributed by atoms with Crippen molar-refractivity contribution < 1.29 is 24.3 Å². The SMILES string of the molecule is CCCCCPC=O.[Rh]. The summed E-state index contributed by atoms with van der Waals surface area (Å²) in [6, 6.07) is 1.02. The minimum atomic E-state index is 0. The molecule has 0 aliphatic rings. The Labute approximate surface area is 71.5 Å². The van der Waals surface area contributed by atoms with Gasteiger partial charge in [0.05, 0.1) is 0 Å². The molecule has 3 heteroatoms. The van der Waals surface area contributed by atoms with Gasteiger partial charge in [-0.3, -0.25) is 4.79 Å². The topological polar surface area (TPSA) is 17.1 Å². The molecule has 57 valence electrons. The maximum atomic E-state index is 9.78. The van der Waals surface area contributed by atoms with Crippen molar-refractivity contribution in [3.05, 3.63) is 0 Å². The fourth-order valence-corrected chi connectivity index (χ4v) is 1.11. The molecule has 0 aromatic heterocycles. The first-order valence-corrected chi connectivity index (χ1v) is 4.37. The summed E-state index contributed by atoms with van der Waals surface area (Å²) in [7, 11) is 0.544. The second-order valence-corrected chi connectivity index (χ2v) is 2.92. The van der Waals surface area contributed by atoms with Crippen molar-refractivity contribution >= 4 is 14.6 Å². The molecule has 0 bridgehead atoms. The minimum Gasteiger partial charge on any atom is -0.299 e. The molecule has 0 saturated carbocycles. The van der Waals surface area contributed by atoms with Gasteiger partial charge in [-0.25, -0.2) is 0 Å². The maximum absolute atomic E-state index is 9.78. The second kappa shape index (κ2) is 11.5. The Bertz CT molecular complexity index is 59.0. The predicted molar refractivity (Wildman–Crippen MR) is 39.5 cm³/mol. The molecule has 1 atom stereocenters. The molecule has 0 aromatic carbocycles. The second-order valence-electron chi connectivity index (χ2n) is 1.78. The average Bonchev–Trinajstić information content (AvgIpc) is 1.81. The largest absolute Gasteiger partial charge is 0.299 e. The molecule has 0 saturated heterocycles. The van der Waals surface area contributed by atoms with Crippen LogP contribution in [0.5, 0.6) is 0 Å². The van der Waals surface area contributed by atoms with Crippen molar-refractivity contribution in [1.29, 1.82) is 0 Å². The van der Waals surface area contributed by atoms with Crippen molar-refractivity contribution in [2.45, 2.75) is 26.2 Å². The van der Waals surface area contributed by atoms with Crippen molar-refractivity contribution in [2.75, 3.05) is 6.16 Å². The molecule has 0 aromatic rings. The molecular weight excluding hydrogens is 222 g/mol. The Kier molecular flexibility index (Phi) is 15.9. The van der Waals surface area contributed by atoms with Crippen LogP contribution in [0, 0.1) is 0 Å². The third-order valence-electron chi connectivity index (χ3n) is 1.01. The van der Waals surface area contributed by atoms with Crippen LogP contribution in [0.3, 0.4) is 0 Å². The van der Waals surface area contributed by atoms with E-state index < -0.39 is 0 Å². The zero-order valence-corrected chi connectivity index (χ0v) is 8.29. The number of rotatable bonds is 5. The first kappa shape index (κ1) is 12.4. The molecule has 9 heavy (non-hydrogen) atoms. The number of hydrogen-bond donors (Lipinski definition) is 0. The number of carbonyl (C=O) groups excluding carboxylic acids is 1. The number of hydrogen-bond acceptors (Lipinski definition) is 1. The fraction of sp³-hybridized carbons (Fsp3) is 0.833. The van der Waals surface area contributed by atoms with E-state index in [2.05, 4.69) is 6.92 Å². The van der Waals surface area contributed by atoms with Gasteiger partial charge in [0.2, 0.25) is 0 Å². The van der Waals surface area contributed by atoms with Gasteiger partial charge < -0.3 is 0 Å². The van der Waals surface area contributed by atoms with E-state index in [1.54, 1.807) is 0 Å². The van der Waals surface area contributed by atoms with E-state index in [1.807, 2.05) is 0 Å². The summed E-state index contributed by atoms with van der Waals surface area (Å²) < 4.78 is 0. The van der Waals surface area contributed by atoms with Gasteiger partial charge in [0, 0.05) is 19.5 Å². The molecule has 1 radical (unpaired) electrons. The summed E-state index contributed by atoms with van der Waals surface area (Å²) in [5.41, 5.74) is 0. The van der Waals surface area contributed by atoms with Crippen LogP contribution in [0.1, 0.15) is 26.2 Å². The van der Waals surface area contributed by atoms with E-state index in [1.165, 1.54) is 19.3 Å². The zero-order valence-electron chi connectivity index (χ0n) is 5.65. The zero-order chi connectivity index (χ0) is 6.24. The van der Waals surface area contributed by atoms with Crippen LogP contribution in [0.25, 0.3) is 0 Å². The van der Waals surface area contributed by atoms with Gasteiger partial charge in [0.15, 0.2) is 0 Å². The molecular formula is C6H13OPRh. The Morgan fingerprint density at radius 3 is 2.56 bits per heavy atom. The van der Waals surface area contributed by atoms with Crippen LogP contribution in [-0.2, 0) is 24.3 Å². The van der Waals surface area contributed by atoms with Gasteiger partial charge in [-0.1, -0.05) is 28.3 Å². The molecule has 0 fully saturated rings. The molecule has 0 spiro atoms. The third-order valence-corrected chi connectivity index (χ3v) is 1.82. The van der Waals surface area contributed by atoms with E-state index >= 15 is 0 Å². The van der Waals surface area contributed by atoms with Crippen LogP contribution in [0.4, 0.5) is 0 Å². The molecule has 1 unspecified atom stereocenters. The van der Waals surface area contributed by atoms with E-state index in [9.17, 15) is 4.79 Å². The Morgan fingerprint density at radius 1 is 1.44 bits per heavy atom. The van der Waals surface area contributed by atoms with E-state index in [-0.39, 0.29) is 19.5 Å². The summed E-state index contributed by atoms with van der Waals surface area (Å²) >= 11 is 0. The minimum absolute atomic E-state index is 0. The quantitative estimate of drug-likeness (QED) is 0.308. The molecule has 1 nitrogen and oxygen atoms in total. The van der Waals surface area contributed by atoms with Gasteiger partial charge in [0.25, 0.3) is 0 Å². The van der Waals surface area contributed by atoms with Gasteiger partial charge in [-0.05, 0) is 12.6 Å². The summed E-state index contributed by atoms with van der Waals surface area (Å²) in [6.07, 6.45) is 4.87. The summed E-state index contributed by atoms with van der Waals surface area (Å²) in [4.78, 5) is 9.78. The third kappa shape index (κ3) is 12.0. The molecule has 0 aliphatic heterocycles. The van der Waals surface area contributed by atoms with Crippen LogP contribution in [-0.4, -0.2) is 12.2 Å². The monoisotopic (exact) mass is 235 g/mol. The van der Waals surface area contributed by atoms with Gasteiger partial charge in [-0.2, -0.15) is 0 Å². The fourth-order valence-electron chi connectivity index (χ4n) is 0.536. The van der Waals surface area contributed by atoms with E-state index in [4.69, 9.17) is 0 Å². The summed E-state index contributed by atoms with van der Waals surface area (Å²) in [5.74, 6) is 0. The molecule has 0 rings (SSSR count). The van der Waals surface area contributed by atoms with E-state index in [0.29, 0.717) is 8.58 Å². The van der Waals surface area contributed by atoms with Gasteiger partial charge in [-0.15, -0.1) is 0 Å². The standard InChI is InChI=1S/C6H13OP.Rh/c1-2-3-4-5-8-6-7;/h6,8H,2-5H2,1H3;. The van der Waals surface area contributed by atoms with Gasteiger partial charge >= 0.3 is 0 Å². The number of carbonyl (C=O) groups is 1. The first-order valence-electron chi connectivity index (χ1n) is 3.09. The summed E-state index contributed by atoms with van der Waals surface area (Å²) in [6.45, 7) is 2.17. The molecule has 0 amide bonds. The number of unbranched alkanes of at least 4 members (excludes halogenated alkanes) is 2. The molecule has 0 heterocycles. The van der Waals surface area contributed by atoms with Crippen molar-refractivity contribution in [3.63, 3.8) is 0 Å². The van der Waals surface area contributed by atoms with Crippen LogP contribution in [0.15, 0.2) is 0 Å². The average molecular weight is 235 g/mol. The Balaban J connectivity index is 0.